The van der Waals surface area contributed by atoms with E-state index >= 15 is 0 Å². The molecule has 0 spiro atoms. The summed E-state index contributed by atoms with van der Waals surface area (Å²) in [6, 6.07) is 11.8. The zero-order chi connectivity index (χ0) is 17.4. The van der Waals surface area contributed by atoms with Crippen molar-refractivity contribution in [2.75, 3.05) is 13.6 Å². The van der Waals surface area contributed by atoms with Gasteiger partial charge in [0.05, 0.1) is 13.1 Å². The van der Waals surface area contributed by atoms with E-state index in [2.05, 4.69) is 40.0 Å². The molecule has 128 valence electrons. The van der Waals surface area contributed by atoms with E-state index < -0.39 is 0 Å². The maximum Gasteiger partial charge on any atom is 0.251 e. The van der Waals surface area contributed by atoms with Crippen LogP contribution >= 0.6 is 11.3 Å². The summed E-state index contributed by atoms with van der Waals surface area (Å²) in [5, 5.41) is 9.22. The SMILES string of the molecule is CCNC(=NCc1cccc(C(=O)NC)c1)NCc1ccc(C)s1. The summed E-state index contributed by atoms with van der Waals surface area (Å²) in [5.74, 6) is 0.688. The number of benzene rings is 1. The minimum absolute atomic E-state index is 0.0843. The maximum absolute atomic E-state index is 11.7. The molecule has 0 aliphatic rings. The van der Waals surface area contributed by atoms with Crippen LogP contribution in [0.15, 0.2) is 41.4 Å². The van der Waals surface area contributed by atoms with Crippen molar-refractivity contribution < 1.29 is 4.79 Å². The number of aryl methyl sites for hydroxylation is 1. The first-order valence-electron chi connectivity index (χ1n) is 8.01. The normalized spacial score (nSPS) is 11.2. The van der Waals surface area contributed by atoms with Crippen LogP contribution in [0, 0.1) is 6.92 Å². The lowest BCUT2D eigenvalue weighted by Gasteiger charge is -2.10. The van der Waals surface area contributed by atoms with Gasteiger partial charge in [0, 0.05) is 28.9 Å². The van der Waals surface area contributed by atoms with Crippen molar-refractivity contribution in [3.8, 4) is 0 Å². The van der Waals surface area contributed by atoms with Gasteiger partial charge < -0.3 is 16.0 Å². The monoisotopic (exact) mass is 344 g/mol. The number of aliphatic imine (C=N–C) groups is 1. The van der Waals surface area contributed by atoms with E-state index in [0.717, 1.165) is 24.6 Å². The summed E-state index contributed by atoms with van der Waals surface area (Å²) < 4.78 is 0. The van der Waals surface area contributed by atoms with Crippen LogP contribution in [0.2, 0.25) is 0 Å². The van der Waals surface area contributed by atoms with E-state index in [9.17, 15) is 4.79 Å². The van der Waals surface area contributed by atoms with Crippen molar-refractivity contribution in [1.29, 1.82) is 0 Å². The molecule has 1 amide bonds. The highest BCUT2D eigenvalue weighted by Crippen LogP contribution is 2.14. The van der Waals surface area contributed by atoms with Gasteiger partial charge >= 0.3 is 0 Å². The zero-order valence-electron chi connectivity index (χ0n) is 14.3. The molecule has 0 radical (unpaired) electrons. The van der Waals surface area contributed by atoms with Gasteiger partial charge in [0.2, 0.25) is 0 Å². The van der Waals surface area contributed by atoms with E-state index in [4.69, 9.17) is 0 Å². The van der Waals surface area contributed by atoms with Crippen LogP contribution in [0.25, 0.3) is 0 Å². The third kappa shape index (κ3) is 5.38. The highest BCUT2D eigenvalue weighted by Gasteiger charge is 2.04. The molecule has 1 aromatic carbocycles. The van der Waals surface area contributed by atoms with Crippen LogP contribution in [0.3, 0.4) is 0 Å². The molecule has 3 N–H and O–H groups in total. The van der Waals surface area contributed by atoms with Crippen molar-refractivity contribution in [2.45, 2.75) is 26.9 Å². The molecule has 24 heavy (non-hydrogen) atoms. The summed E-state index contributed by atoms with van der Waals surface area (Å²) in [6.45, 7) is 6.21. The van der Waals surface area contributed by atoms with Crippen molar-refractivity contribution in [2.24, 2.45) is 4.99 Å². The fraction of sp³-hybridized carbons (Fsp3) is 0.333. The molecule has 0 unspecified atom stereocenters. The van der Waals surface area contributed by atoms with Gasteiger partial charge in [-0.1, -0.05) is 12.1 Å². The fourth-order valence-corrected chi connectivity index (χ4v) is 3.05. The van der Waals surface area contributed by atoms with E-state index in [-0.39, 0.29) is 5.91 Å². The van der Waals surface area contributed by atoms with Crippen LogP contribution < -0.4 is 16.0 Å². The Bertz CT molecular complexity index is 709. The largest absolute Gasteiger partial charge is 0.357 e. The topological polar surface area (TPSA) is 65.5 Å². The lowest BCUT2D eigenvalue weighted by atomic mass is 10.1. The number of nitrogens with zero attached hydrogens (tertiary/aromatic N) is 1. The Kier molecular flexibility index (Phi) is 6.81. The molecule has 5 nitrogen and oxygen atoms in total. The van der Waals surface area contributed by atoms with Crippen molar-refractivity contribution in [3.05, 3.63) is 57.3 Å². The number of guanidine groups is 1. The number of carbonyl (C=O) groups is 1. The van der Waals surface area contributed by atoms with Gasteiger partial charge in [-0.2, -0.15) is 0 Å². The number of nitrogens with one attached hydrogen (secondary N) is 3. The van der Waals surface area contributed by atoms with Crippen LogP contribution in [0.4, 0.5) is 0 Å². The van der Waals surface area contributed by atoms with E-state index in [1.807, 2.05) is 25.1 Å². The molecular weight excluding hydrogens is 320 g/mol. The van der Waals surface area contributed by atoms with Crippen molar-refractivity contribution >= 4 is 23.2 Å². The molecule has 0 saturated carbocycles. The van der Waals surface area contributed by atoms with Crippen LogP contribution in [-0.4, -0.2) is 25.5 Å². The number of rotatable bonds is 6. The minimum atomic E-state index is -0.0843. The summed E-state index contributed by atoms with van der Waals surface area (Å²) >= 11 is 1.78. The first-order valence-corrected chi connectivity index (χ1v) is 8.82. The molecule has 0 atom stereocenters. The molecule has 1 aromatic heterocycles. The molecular formula is C18H24N4OS. The van der Waals surface area contributed by atoms with Gasteiger partial charge in [-0.15, -0.1) is 11.3 Å². The third-order valence-electron chi connectivity index (χ3n) is 3.41. The molecule has 0 saturated heterocycles. The van der Waals surface area contributed by atoms with E-state index in [1.54, 1.807) is 24.5 Å². The highest BCUT2D eigenvalue weighted by atomic mass is 32.1. The summed E-state index contributed by atoms with van der Waals surface area (Å²) in [7, 11) is 1.63. The fourth-order valence-electron chi connectivity index (χ4n) is 2.22. The Labute approximate surface area is 147 Å². The van der Waals surface area contributed by atoms with Crippen molar-refractivity contribution in [3.63, 3.8) is 0 Å². The average molecular weight is 344 g/mol. The Morgan fingerprint density at radius 2 is 2.04 bits per heavy atom. The molecule has 0 fully saturated rings. The molecule has 0 aliphatic carbocycles. The molecule has 0 bridgehead atoms. The van der Waals surface area contributed by atoms with E-state index in [0.29, 0.717) is 12.1 Å². The van der Waals surface area contributed by atoms with Crippen LogP contribution in [-0.2, 0) is 13.1 Å². The van der Waals surface area contributed by atoms with Gasteiger partial charge in [0.25, 0.3) is 5.91 Å². The second-order valence-electron chi connectivity index (χ2n) is 5.34. The number of amides is 1. The number of carbonyl (C=O) groups excluding carboxylic acids is 1. The second kappa shape index (κ2) is 9.08. The molecule has 2 rings (SSSR count). The standard InChI is InChI=1S/C18H24N4OS/c1-4-20-18(22-12-16-9-8-13(2)24-16)21-11-14-6-5-7-15(10-14)17(23)19-3/h5-10H,4,11-12H2,1-3H3,(H,19,23)(H2,20,21,22). The lowest BCUT2D eigenvalue weighted by Crippen LogP contribution is -2.36. The second-order valence-corrected chi connectivity index (χ2v) is 6.71. The molecule has 2 aromatic rings. The van der Waals surface area contributed by atoms with Gasteiger partial charge in [-0.05, 0) is 43.7 Å². The van der Waals surface area contributed by atoms with Gasteiger partial charge in [0.1, 0.15) is 0 Å². The predicted molar refractivity (Wildman–Crippen MR) is 101 cm³/mol. The smallest absolute Gasteiger partial charge is 0.251 e. The summed E-state index contributed by atoms with van der Waals surface area (Å²) in [4.78, 5) is 18.9. The Balaban J connectivity index is 2.00. The summed E-state index contributed by atoms with van der Waals surface area (Å²) in [6.07, 6.45) is 0. The average Bonchev–Trinajstić information content (AvgIpc) is 3.02. The van der Waals surface area contributed by atoms with E-state index in [1.165, 1.54) is 9.75 Å². The number of hydrogen-bond acceptors (Lipinski definition) is 3. The number of thiophene rings is 1. The lowest BCUT2D eigenvalue weighted by molar-refractivity contribution is 0.0963. The molecule has 1 heterocycles. The van der Waals surface area contributed by atoms with Crippen LogP contribution in [0.1, 0.15) is 32.6 Å². The first kappa shape index (κ1) is 18.0. The minimum Gasteiger partial charge on any atom is -0.357 e. The van der Waals surface area contributed by atoms with Gasteiger partial charge in [-0.25, -0.2) is 4.99 Å². The highest BCUT2D eigenvalue weighted by molar-refractivity contribution is 7.11. The first-order chi connectivity index (χ1) is 11.6. The third-order valence-corrected chi connectivity index (χ3v) is 4.41. The van der Waals surface area contributed by atoms with Crippen molar-refractivity contribution in [1.82, 2.24) is 16.0 Å². The van der Waals surface area contributed by atoms with Gasteiger partial charge in [-0.3, -0.25) is 4.79 Å². The number of hydrogen-bond donors (Lipinski definition) is 3. The maximum atomic E-state index is 11.7. The Morgan fingerprint density at radius 1 is 1.21 bits per heavy atom. The Morgan fingerprint density at radius 3 is 2.71 bits per heavy atom. The van der Waals surface area contributed by atoms with Crippen LogP contribution in [0.5, 0.6) is 0 Å². The van der Waals surface area contributed by atoms with Gasteiger partial charge in [0.15, 0.2) is 5.96 Å². The summed E-state index contributed by atoms with van der Waals surface area (Å²) in [5.41, 5.74) is 1.65. The molecule has 0 aliphatic heterocycles. The molecule has 6 heteroatoms. The zero-order valence-corrected chi connectivity index (χ0v) is 15.2. The quantitative estimate of drug-likeness (QED) is 0.557. The predicted octanol–water partition coefficient (Wildman–Crippen LogP) is 2.67. The Hall–Kier alpha value is -2.34.